The number of hydrogen-bond acceptors (Lipinski definition) is 9. The summed E-state index contributed by atoms with van der Waals surface area (Å²) in [5.41, 5.74) is 10.9. The van der Waals surface area contributed by atoms with Crippen LogP contribution in [0.2, 0.25) is 0 Å². The maximum atomic E-state index is 13.3. The number of allylic oxidation sites excluding steroid dienone is 3. The van der Waals surface area contributed by atoms with E-state index in [4.69, 9.17) is 19.9 Å². The molecule has 4 rings (SSSR count). The predicted molar refractivity (Wildman–Crippen MR) is 125 cm³/mol. The van der Waals surface area contributed by atoms with Crippen molar-refractivity contribution in [1.29, 1.82) is 5.26 Å². The molecule has 3 N–H and O–H groups in total. The summed E-state index contributed by atoms with van der Waals surface area (Å²) in [6.07, 6.45) is 1.45. The molecule has 176 valence electrons. The summed E-state index contributed by atoms with van der Waals surface area (Å²) in [6.45, 7) is 0. The van der Waals surface area contributed by atoms with Crippen molar-refractivity contribution < 1.29 is 23.8 Å². The third-order valence-electron chi connectivity index (χ3n) is 5.92. The number of hydrazine groups is 1. The third kappa shape index (κ3) is 3.84. The summed E-state index contributed by atoms with van der Waals surface area (Å²) in [5.74, 6) is 0.0852. The number of ether oxygens (including phenoxy) is 3. The SMILES string of the molecule is COc1cc(OC)c(C2C(C#N)=C(N)N(NC(=O)c3cccs3)C3=C2C(=O)CCC3)cc1OC. The molecule has 0 spiro atoms. The van der Waals surface area contributed by atoms with E-state index in [1.807, 2.05) is 0 Å². The van der Waals surface area contributed by atoms with Crippen LogP contribution in [0.25, 0.3) is 0 Å². The highest BCUT2D eigenvalue weighted by Crippen LogP contribution is 2.49. The Kier molecular flexibility index (Phi) is 6.47. The molecule has 1 atom stereocenters. The highest BCUT2D eigenvalue weighted by atomic mass is 32.1. The summed E-state index contributed by atoms with van der Waals surface area (Å²) in [6, 6.07) is 8.96. The first-order valence-electron chi connectivity index (χ1n) is 10.6. The van der Waals surface area contributed by atoms with Crippen LogP contribution in [0.1, 0.15) is 40.4 Å². The van der Waals surface area contributed by atoms with Gasteiger partial charge in [-0.1, -0.05) is 6.07 Å². The number of benzene rings is 1. The van der Waals surface area contributed by atoms with Gasteiger partial charge in [0, 0.05) is 29.3 Å². The molecule has 1 aliphatic heterocycles. The van der Waals surface area contributed by atoms with Crippen molar-refractivity contribution in [2.24, 2.45) is 5.73 Å². The zero-order valence-electron chi connectivity index (χ0n) is 19.0. The number of rotatable bonds is 6. The number of hydrogen-bond donors (Lipinski definition) is 2. The molecular formula is C24H24N4O5S. The van der Waals surface area contributed by atoms with Crippen molar-refractivity contribution in [1.82, 2.24) is 10.4 Å². The maximum absolute atomic E-state index is 13.3. The molecule has 1 aliphatic carbocycles. The van der Waals surface area contributed by atoms with Gasteiger partial charge in [-0.2, -0.15) is 5.26 Å². The van der Waals surface area contributed by atoms with Gasteiger partial charge in [0.25, 0.3) is 5.91 Å². The Hall–Kier alpha value is -3.97. The molecule has 2 heterocycles. The lowest BCUT2D eigenvalue weighted by Gasteiger charge is -2.39. The number of nitrogens with one attached hydrogen (secondary N) is 1. The molecule has 1 aromatic heterocycles. The van der Waals surface area contributed by atoms with Crippen molar-refractivity contribution >= 4 is 23.0 Å². The Labute approximate surface area is 201 Å². The molecule has 0 radical (unpaired) electrons. The second-order valence-electron chi connectivity index (χ2n) is 7.68. The second kappa shape index (κ2) is 9.49. The van der Waals surface area contributed by atoms with E-state index in [-0.39, 0.29) is 23.1 Å². The average Bonchev–Trinajstić information content (AvgIpc) is 3.40. The highest BCUT2D eigenvalue weighted by molar-refractivity contribution is 7.12. The van der Waals surface area contributed by atoms with Crippen LogP contribution in [0.4, 0.5) is 0 Å². The first-order chi connectivity index (χ1) is 16.4. The van der Waals surface area contributed by atoms with E-state index >= 15 is 0 Å². The number of carbonyl (C=O) groups excluding carboxylic acids is 2. The maximum Gasteiger partial charge on any atom is 0.280 e. The minimum absolute atomic E-state index is 0.0581. The normalized spacial score (nSPS) is 17.8. The standard InChI is InChI=1S/C24H24N4O5S/c1-31-17-11-19(33-3)18(32-2)10-13(17)21-14(12-25)23(26)28(15-6-4-7-16(29)22(15)21)27-24(30)20-8-5-9-34-20/h5,8-11,21H,4,6-7,26H2,1-3H3,(H,27,30). The van der Waals surface area contributed by atoms with Gasteiger partial charge in [0.05, 0.1) is 43.8 Å². The highest BCUT2D eigenvalue weighted by Gasteiger charge is 2.42. The molecule has 0 saturated heterocycles. The zero-order chi connectivity index (χ0) is 24.4. The minimum Gasteiger partial charge on any atom is -0.496 e. The molecule has 10 heteroatoms. The Morgan fingerprint density at radius 1 is 1.18 bits per heavy atom. The first kappa shape index (κ1) is 23.2. The third-order valence-corrected chi connectivity index (χ3v) is 6.79. The summed E-state index contributed by atoms with van der Waals surface area (Å²) in [4.78, 5) is 26.6. The van der Waals surface area contributed by atoms with E-state index < -0.39 is 5.92 Å². The van der Waals surface area contributed by atoms with E-state index in [0.29, 0.717) is 58.2 Å². The average molecular weight is 481 g/mol. The van der Waals surface area contributed by atoms with E-state index in [9.17, 15) is 14.9 Å². The summed E-state index contributed by atoms with van der Waals surface area (Å²) < 4.78 is 16.4. The van der Waals surface area contributed by atoms with Crippen molar-refractivity contribution in [2.75, 3.05) is 21.3 Å². The number of Topliss-reactive ketones (excluding diaryl/α,β-unsaturated/α-hetero) is 1. The Bertz CT molecular complexity index is 1240. The molecule has 0 bridgehead atoms. The van der Waals surface area contributed by atoms with Gasteiger partial charge in [0.15, 0.2) is 17.3 Å². The topological polar surface area (TPSA) is 127 Å². The number of carbonyl (C=O) groups is 2. The van der Waals surface area contributed by atoms with Gasteiger partial charge in [0.2, 0.25) is 0 Å². The second-order valence-corrected chi connectivity index (χ2v) is 8.63. The summed E-state index contributed by atoms with van der Waals surface area (Å²) in [7, 11) is 4.51. The van der Waals surface area contributed by atoms with Crippen molar-refractivity contribution in [2.45, 2.75) is 25.2 Å². The fraction of sp³-hybridized carbons (Fsp3) is 0.292. The van der Waals surface area contributed by atoms with Crippen molar-refractivity contribution in [3.05, 3.63) is 62.8 Å². The molecule has 2 aliphatic rings. The number of methoxy groups -OCH3 is 3. The van der Waals surface area contributed by atoms with Crippen molar-refractivity contribution in [3.8, 4) is 23.3 Å². The van der Waals surface area contributed by atoms with Crippen LogP contribution in [0.15, 0.2) is 52.3 Å². The number of nitrogens with zero attached hydrogens (tertiary/aromatic N) is 2. The molecule has 1 amide bonds. The van der Waals surface area contributed by atoms with E-state index in [1.165, 1.54) is 37.7 Å². The molecule has 9 nitrogen and oxygen atoms in total. The van der Waals surface area contributed by atoms with Crippen LogP contribution < -0.4 is 25.4 Å². The fourth-order valence-electron chi connectivity index (χ4n) is 4.37. The number of ketones is 1. The lowest BCUT2D eigenvalue weighted by Crippen LogP contribution is -2.48. The van der Waals surface area contributed by atoms with Gasteiger partial charge in [-0.3, -0.25) is 15.0 Å². The van der Waals surface area contributed by atoms with E-state index in [1.54, 1.807) is 29.6 Å². The largest absolute Gasteiger partial charge is 0.496 e. The Balaban J connectivity index is 1.90. The van der Waals surface area contributed by atoms with Crippen LogP contribution in [0.3, 0.4) is 0 Å². The molecular weight excluding hydrogens is 456 g/mol. The predicted octanol–water partition coefficient (Wildman–Crippen LogP) is 3.22. The van der Waals surface area contributed by atoms with Gasteiger partial charge in [-0.25, -0.2) is 5.01 Å². The van der Waals surface area contributed by atoms with Crippen LogP contribution >= 0.6 is 11.3 Å². The van der Waals surface area contributed by atoms with E-state index in [2.05, 4.69) is 11.5 Å². The minimum atomic E-state index is -0.780. The van der Waals surface area contributed by atoms with Crippen LogP contribution in [-0.2, 0) is 4.79 Å². The Morgan fingerprint density at radius 3 is 2.50 bits per heavy atom. The molecule has 34 heavy (non-hydrogen) atoms. The lowest BCUT2D eigenvalue weighted by atomic mass is 9.75. The smallest absolute Gasteiger partial charge is 0.280 e. The monoisotopic (exact) mass is 480 g/mol. The van der Waals surface area contributed by atoms with Gasteiger partial charge in [-0.15, -0.1) is 11.3 Å². The van der Waals surface area contributed by atoms with Gasteiger partial charge >= 0.3 is 0 Å². The molecule has 1 unspecified atom stereocenters. The van der Waals surface area contributed by atoms with Crippen LogP contribution in [0.5, 0.6) is 17.2 Å². The first-order valence-corrected chi connectivity index (χ1v) is 11.4. The van der Waals surface area contributed by atoms with Crippen molar-refractivity contribution in [3.63, 3.8) is 0 Å². The van der Waals surface area contributed by atoms with E-state index in [0.717, 1.165) is 0 Å². The molecule has 0 saturated carbocycles. The van der Waals surface area contributed by atoms with Crippen LogP contribution in [-0.4, -0.2) is 38.0 Å². The molecule has 1 aromatic carbocycles. The number of nitrogens with two attached hydrogens (primary N) is 1. The number of amides is 1. The quantitative estimate of drug-likeness (QED) is 0.645. The lowest BCUT2D eigenvalue weighted by molar-refractivity contribution is -0.116. The summed E-state index contributed by atoms with van der Waals surface area (Å²) in [5, 5.41) is 13.3. The molecule has 0 fully saturated rings. The fourth-order valence-corrected chi connectivity index (χ4v) is 4.98. The zero-order valence-corrected chi connectivity index (χ0v) is 19.8. The van der Waals surface area contributed by atoms with Gasteiger partial charge in [-0.05, 0) is 30.4 Å². The Morgan fingerprint density at radius 2 is 1.88 bits per heavy atom. The molecule has 2 aromatic rings. The summed E-state index contributed by atoms with van der Waals surface area (Å²) >= 11 is 1.28. The number of thiophene rings is 1. The number of nitriles is 1. The van der Waals surface area contributed by atoms with Gasteiger partial charge in [0.1, 0.15) is 11.6 Å². The van der Waals surface area contributed by atoms with Crippen LogP contribution in [0, 0.1) is 11.3 Å². The van der Waals surface area contributed by atoms with Gasteiger partial charge < -0.3 is 19.9 Å².